The summed E-state index contributed by atoms with van der Waals surface area (Å²) in [6.45, 7) is 0.662. The summed E-state index contributed by atoms with van der Waals surface area (Å²) in [5.74, 6) is 6.67. The van der Waals surface area contributed by atoms with Gasteiger partial charge in [-0.2, -0.15) is 0 Å². The molecule has 0 radical (unpaired) electrons. The molecule has 0 bridgehead atoms. The van der Waals surface area contributed by atoms with Crippen LogP contribution >= 0.6 is 11.6 Å². The molecule has 1 aromatic rings. The molecule has 0 aliphatic carbocycles. The average molecular weight is 210 g/mol. The highest BCUT2D eigenvalue weighted by Crippen LogP contribution is 2.19. The van der Waals surface area contributed by atoms with Crippen molar-refractivity contribution in [3.63, 3.8) is 0 Å². The van der Waals surface area contributed by atoms with E-state index in [0.717, 1.165) is 11.3 Å². The number of rotatable bonds is 2. The van der Waals surface area contributed by atoms with Crippen LogP contribution < -0.4 is 10.1 Å². The molecule has 74 valence electrons. The molecule has 2 nitrogen and oxygen atoms in total. The third-order valence-electron chi connectivity index (χ3n) is 1.60. The van der Waals surface area contributed by atoms with Gasteiger partial charge in [0, 0.05) is 10.6 Å². The molecule has 0 aromatic heterocycles. The Morgan fingerprint density at radius 1 is 1.43 bits per heavy atom. The molecule has 0 unspecified atom stereocenters. The van der Waals surface area contributed by atoms with Crippen molar-refractivity contribution < 1.29 is 4.74 Å². The maximum absolute atomic E-state index is 5.88. The molecule has 1 rings (SSSR count). The third-order valence-corrected chi connectivity index (χ3v) is 1.82. The topological polar surface area (TPSA) is 21.3 Å². The minimum absolute atomic E-state index is 0.637. The van der Waals surface area contributed by atoms with E-state index in [9.17, 15) is 0 Å². The molecule has 0 fully saturated rings. The summed E-state index contributed by atoms with van der Waals surface area (Å²) in [5, 5.41) is 3.58. The standard InChI is InChI=1S/C11H12ClNO/c1-13-5-3-4-9-6-10(12)8-11(7-9)14-2/h6-8,13H,5H2,1-2H3. The van der Waals surface area contributed by atoms with Crippen LogP contribution in [0.4, 0.5) is 0 Å². The van der Waals surface area contributed by atoms with Crippen molar-refractivity contribution in [1.82, 2.24) is 5.32 Å². The smallest absolute Gasteiger partial charge is 0.121 e. The molecule has 0 aliphatic rings. The highest BCUT2D eigenvalue weighted by Gasteiger charge is 1.96. The zero-order chi connectivity index (χ0) is 10.4. The molecule has 0 amide bonds. The maximum Gasteiger partial charge on any atom is 0.121 e. The van der Waals surface area contributed by atoms with Crippen molar-refractivity contribution in [3.05, 3.63) is 28.8 Å². The molecule has 3 heteroatoms. The number of hydrogen-bond acceptors (Lipinski definition) is 2. The zero-order valence-electron chi connectivity index (χ0n) is 8.23. The molecular formula is C11H12ClNO. The van der Waals surface area contributed by atoms with Gasteiger partial charge in [-0.15, -0.1) is 0 Å². The second kappa shape index (κ2) is 5.54. The number of ether oxygens (including phenoxy) is 1. The summed E-state index contributed by atoms with van der Waals surface area (Å²) in [7, 11) is 3.46. The lowest BCUT2D eigenvalue weighted by Gasteiger charge is -2.00. The van der Waals surface area contributed by atoms with Crippen molar-refractivity contribution in [1.29, 1.82) is 0 Å². The van der Waals surface area contributed by atoms with Crippen LogP contribution in [0.3, 0.4) is 0 Å². The molecule has 1 aromatic carbocycles. The van der Waals surface area contributed by atoms with Gasteiger partial charge in [0.25, 0.3) is 0 Å². The zero-order valence-corrected chi connectivity index (χ0v) is 8.98. The molecule has 0 saturated heterocycles. The predicted molar refractivity (Wildman–Crippen MR) is 58.8 cm³/mol. The largest absolute Gasteiger partial charge is 0.497 e. The van der Waals surface area contributed by atoms with Gasteiger partial charge in [0.15, 0.2) is 0 Å². The molecular weight excluding hydrogens is 198 g/mol. The van der Waals surface area contributed by atoms with Crippen LogP contribution in [0.25, 0.3) is 0 Å². The second-order valence-electron chi connectivity index (χ2n) is 2.71. The summed E-state index contributed by atoms with van der Waals surface area (Å²) in [4.78, 5) is 0. The van der Waals surface area contributed by atoms with Gasteiger partial charge in [-0.05, 0) is 25.2 Å². The Kier molecular flexibility index (Phi) is 4.31. The molecule has 0 aliphatic heterocycles. The molecule has 0 heterocycles. The Morgan fingerprint density at radius 2 is 2.21 bits per heavy atom. The highest BCUT2D eigenvalue weighted by atomic mass is 35.5. The van der Waals surface area contributed by atoms with Crippen molar-refractivity contribution in [3.8, 4) is 17.6 Å². The summed E-state index contributed by atoms with van der Waals surface area (Å²) in [6, 6.07) is 5.42. The van der Waals surface area contributed by atoms with Crippen LogP contribution in [0.15, 0.2) is 18.2 Å². The van der Waals surface area contributed by atoms with Crippen LogP contribution in [0.2, 0.25) is 5.02 Å². The fraction of sp³-hybridized carbons (Fsp3) is 0.273. The van der Waals surface area contributed by atoms with Gasteiger partial charge in [-0.1, -0.05) is 23.4 Å². The normalized spacial score (nSPS) is 9.07. The van der Waals surface area contributed by atoms with E-state index in [4.69, 9.17) is 16.3 Å². The molecule has 0 atom stereocenters. The van der Waals surface area contributed by atoms with Gasteiger partial charge in [0.1, 0.15) is 5.75 Å². The van der Waals surface area contributed by atoms with Crippen molar-refractivity contribution in [2.45, 2.75) is 0 Å². The SMILES string of the molecule is CNCC#Cc1cc(Cl)cc(OC)c1. The van der Waals surface area contributed by atoms with E-state index in [1.54, 1.807) is 13.2 Å². The van der Waals surface area contributed by atoms with Gasteiger partial charge < -0.3 is 10.1 Å². The third kappa shape index (κ3) is 3.29. The Balaban J connectivity index is 2.88. The van der Waals surface area contributed by atoms with Gasteiger partial charge in [-0.3, -0.25) is 0 Å². The number of benzene rings is 1. The van der Waals surface area contributed by atoms with Gasteiger partial charge in [-0.25, -0.2) is 0 Å². The van der Waals surface area contributed by atoms with Crippen molar-refractivity contribution in [2.24, 2.45) is 0 Å². The van der Waals surface area contributed by atoms with Crippen molar-refractivity contribution >= 4 is 11.6 Å². The van der Waals surface area contributed by atoms with Gasteiger partial charge in [0.2, 0.25) is 0 Å². The lowest BCUT2D eigenvalue weighted by atomic mass is 10.2. The molecule has 1 N–H and O–H groups in total. The maximum atomic E-state index is 5.88. The lowest BCUT2D eigenvalue weighted by molar-refractivity contribution is 0.414. The van der Waals surface area contributed by atoms with Crippen LogP contribution in [0.5, 0.6) is 5.75 Å². The first-order chi connectivity index (χ1) is 6.76. The lowest BCUT2D eigenvalue weighted by Crippen LogP contribution is -2.04. The van der Waals surface area contributed by atoms with Crippen molar-refractivity contribution in [2.75, 3.05) is 20.7 Å². The van der Waals surface area contributed by atoms with Gasteiger partial charge in [0.05, 0.1) is 13.7 Å². The molecule has 14 heavy (non-hydrogen) atoms. The van der Waals surface area contributed by atoms with Gasteiger partial charge >= 0.3 is 0 Å². The van der Waals surface area contributed by atoms with Crippen LogP contribution in [0, 0.1) is 11.8 Å². The van der Waals surface area contributed by atoms with E-state index in [0.29, 0.717) is 11.6 Å². The fourth-order valence-electron chi connectivity index (χ4n) is 0.987. The number of halogens is 1. The van der Waals surface area contributed by atoms with E-state index in [1.165, 1.54) is 0 Å². The predicted octanol–water partition coefficient (Wildman–Crippen LogP) is 1.92. The van der Waals surface area contributed by atoms with E-state index >= 15 is 0 Å². The van der Waals surface area contributed by atoms with Crippen LogP contribution in [0.1, 0.15) is 5.56 Å². The minimum atomic E-state index is 0.637. The first-order valence-corrected chi connectivity index (χ1v) is 4.62. The first kappa shape index (κ1) is 10.9. The first-order valence-electron chi connectivity index (χ1n) is 4.24. The van der Waals surface area contributed by atoms with E-state index in [2.05, 4.69) is 17.2 Å². The van der Waals surface area contributed by atoms with E-state index < -0.39 is 0 Å². The minimum Gasteiger partial charge on any atom is -0.497 e. The number of hydrogen-bond donors (Lipinski definition) is 1. The monoisotopic (exact) mass is 209 g/mol. The summed E-state index contributed by atoms with van der Waals surface area (Å²) in [5.41, 5.74) is 0.865. The number of methoxy groups -OCH3 is 1. The van der Waals surface area contributed by atoms with Crippen LogP contribution in [-0.4, -0.2) is 20.7 Å². The summed E-state index contributed by atoms with van der Waals surface area (Å²) < 4.78 is 5.07. The quantitative estimate of drug-likeness (QED) is 0.752. The van der Waals surface area contributed by atoms with E-state index in [-0.39, 0.29) is 0 Å². The second-order valence-corrected chi connectivity index (χ2v) is 3.15. The molecule has 0 saturated carbocycles. The molecule has 0 spiro atoms. The Labute approximate surface area is 89.2 Å². The average Bonchev–Trinajstić information content (AvgIpc) is 2.17. The Morgan fingerprint density at radius 3 is 2.86 bits per heavy atom. The number of nitrogens with one attached hydrogen (secondary N) is 1. The summed E-state index contributed by atoms with van der Waals surface area (Å²) >= 11 is 5.88. The Bertz CT molecular complexity index is 365. The highest BCUT2D eigenvalue weighted by molar-refractivity contribution is 6.30. The van der Waals surface area contributed by atoms with Crippen LogP contribution in [-0.2, 0) is 0 Å². The summed E-state index contributed by atoms with van der Waals surface area (Å²) in [6.07, 6.45) is 0. The fourth-order valence-corrected chi connectivity index (χ4v) is 1.21. The van der Waals surface area contributed by atoms with E-state index in [1.807, 2.05) is 19.2 Å². The Hall–Kier alpha value is -1.17.